The molecule has 132 valence electrons. The summed E-state index contributed by atoms with van der Waals surface area (Å²) in [6.07, 6.45) is 2.11. The lowest BCUT2D eigenvalue weighted by atomic mass is 9.93. The molecule has 0 radical (unpaired) electrons. The van der Waals surface area contributed by atoms with Crippen molar-refractivity contribution in [3.05, 3.63) is 41.2 Å². The van der Waals surface area contributed by atoms with E-state index in [-0.39, 0.29) is 11.5 Å². The normalized spacial score (nSPS) is 23.0. The van der Waals surface area contributed by atoms with Crippen LogP contribution in [0.1, 0.15) is 23.4 Å². The van der Waals surface area contributed by atoms with Crippen LogP contribution in [-0.2, 0) is 23.3 Å². The number of anilines is 2. The second kappa shape index (κ2) is 6.24. The van der Waals surface area contributed by atoms with Crippen molar-refractivity contribution < 1.29 is 4.74 Å². The fourth-order valence-corrected chi connectivity index (χ4v) is 3.85. The largest absolute Gasteiger partial charge is 0.368 e. The summed E-state index contributed by atoms with van der Waals surface area (Å²) in [6.45, 7) is 3.09. The molecule has 2 heterocycles. The fourth-order valence-electron chi connectivity index (χ4n) is 3.85. The van der Waals surface area contributed by atoms with Crippen LogP contribution in [0.15, 0.2) is 24.3 Å². The molecule has 0 amide bonds. The van der Waals surface area contributed by atoms with Gasteiger partial charge in [-0.2, -0.15) is 15.0 Å². The number of aryl methyl sites for hydroxylation is 1. The number of nitrogen functional groups attached to an aromatic ring is 1. The van der Waals surface area contributed by atoms with Gasteiger partial charge in [-0.15, -0.1) is 0 Å². The van der Waals surface area contributed by atoms with E-state index >= 15 is 0 Å². The third kappa shape index (κ3) is 3.05. The SMILES string of the molecule is CN(C)c1nc(N)nc(CN2CCO[C@@]3(CCc4ccccc43)C2)n1. The summed E-state index contributed by atoms with van der Waals surface area (Å²) in [6, 6.07) is 8.62. The van der Waals surface area contributed by atoms with Gasteiger partial charge in [-0.25, -0.2) is 0 Å². The molecule has 1 aromatic heterocycles. The highest BCUT2D eigenvalue weighted by atomic mass is 16.5. The smallest absolute Gasteiger partial charge is 0.229 e. The highest BCUT2D eigenvalue weighted by Crippen LogP contribution is 2.42. The fraction of sp³-hybridized carbons (Fsp3) is 0.500. The van der Waals surface area contributed by atoms with Gasteiger partial charge in [-0.3, -0.25) is 4.90 Å². The second-order valence-corrected chi connectivity index (χ2v) is 7.01. The van der Waals surface area contributed by atoms with Gasteiger partial charge in [-0.1, -0.05) is 24.3 Å². The highest BCUT2D eigenvalue weighted by Gasteiger charge is 2.43. The maximum absolute atomic E-state index is 6.28. The molecule has 1 atom stereocenters. The van der Waals surface area contributed by atoms with E-state index in [1.807, 2.05) is 19.0 Å². The Morgan fingerprint density at radius 1 is 1.24 bits per heavy atom. The van der Waals surface area contributed by atoms with Crippen LogP contribution in [-0.4, -0.2) is 53.6 Å². The lowest BCUT2D eigenvalue weighted by Crippen LogP contribution is -2.48. The van der Waals surface area contributed by atoms with Gasteiger partial charge in [0.2, 0.25) is 11.9 Å². The number of morpholine rings is 1. The van der Waals surface area contributed by atoms with Crippen LogP contribution in [0.25, 0.3) is 0 Å². The van der Waals surface area contributed by atoms with E-state index in [1.165, 1.54) is 11.1 Å². The number of ether oxygens (including phenoxy) is 1. The van der Waals surface area contributed by atoms with Crippen molar-refractivity contribution in [2.24, 2.45) is 0 Å². The third-order valence-corrected chi connectivity index (χ3v) is 5.02. The minimum absolute atomic E-state index is 0.197. The van der Waals surface area contributed by atoms with Gasteiger partial charge in [0.15, 0.2) is 0 Å². The molecule has 2 aliphatic rings. The third-order valence-electron chi connectivity index (χ3n) is 5.02. The van der Waals surface area contributed by atoms with Crippen molar-refractivity contribution in [2.45, 2.75) is 25.0 Å². The molecular weight excluding hydrogens is 316 g/mol. The van der Waals surface area contributed by atoms with Crippen molar-refractivity contribution >= 4 is 11.9 Å². The number of aromatic nitrogens is 3. The van der Waals surface area contributed by atoms with E-state index in [2.05, 4.69) is 44.1 Å². The van der Waals surface area contributed by atoms with E-state index in [1.54, 1.807) is 0 Å². The molecule has 7 nitrogen and oxygen atoms in total. The molecule has 1 aliphatic carbocycles. The summed E-state index contributed by atoms with van der Waals surface area (Å²) in [5.41, 5.74) is 8.40. The van der Waals surface area contributed by atoms with Crippen LogP contribution >= 0.6 is 0 Å². The van der Waals surface area contributed by atoms with E-state index in [9.17, 15) is 0 Å². The first kappa shape index (κ1) is 16.2. The van der Waals surface area contributed by atoms with E-state index in [4.69, 9.17) is 10.5 Å². The monoisotopic (exact) mass is 340 g/mol. The Hall–Kier alpha value is -2.25. The summed E-state index contributed by atoms with van der Waals surface area (Å²) in [5, 5.41) is 0. The Bertz CT molecular complexity index is 776. The highest BCUT2D eigenvalue weighted by molar-refractivity contribution is 5.38. The van der Waals surface area contributed by atoms with Gasteiger partial charge in [0.1, 0.15) is 11.4 Å². The average molecular weight is 340 g/mol. The summed E-state index contributed by atoms with van der Waals surface area (Å²) >= 11 is 0. The molecule has 1 aromatic carbocycles. The number of hydrogen-bond acceptors (Lipinski definition) is 7. The number of benzene rings is 1. The molecule has 7 heteroatoms. The van der Waals surface area contributed by atoms with Gasteiger partial charge < -0.3 is 15.4 Å². The van der Waals surface area contributed by atoms with E-state index in [0.29, 0.717) is 18.3 Å². The van der Waals surface area contributed by atoms with Crippen LogP contribution in [0, 0.1) is 0 Å². The first-order valence-electron chi connectivity index (χ1n) is 8.68. The Labute approximate surface area is 147 Å². The average Bonchev–Trinajstić information content (AvgIpc) is 2.93. The number of fused-ring (bicyclic) bond motifs is 2. The van der Waals surface area contributed by atoms with Crippen LogP contribution < -0.4 is 10.6 Å². The summed E-state index contributed by atoms with van der Waals surface area (Å²) in [4.78, 5) is 17.2. The standard InChI is InChI=1S/C18H24N6O/c1-23(2)17-21-15(20-16(19)22-17)11-24-9-10-25-18(12-24)8-7-13-5-3-4-6-14(13)18/h3-6H,7-12H2,1-2H3,(H2,19,20,21,22)/t18-/m0/s1. The first-order chi connectivity index (χ1) is 12.1. The molecule has 25 heavy (non-hydrogen) atoms. The summed E-state index contributed by atoms with van der Waals surface area (Å²) < 4.78 is 6.28. The first-order valence-corrected chi connectivity index (χ1v) is 8.68. The van der Waals surface area contributed by atoms with E-state index in [0.717, 1.165) is 32.5 Å². The van der Waals surface area contributed by atoms with Crippen LogP contribution in [0.3, 0.4) is 0 Å². The molecule has 1 spiro atoms. The van der Waals surface area contributed by atoms with Crippen molar-refractivity contribution in [2.75, 3.05) is 44.4 Å². The maximum Gasteiger partial charge on any atom is 0.229 e. The predicted octanol–water partition coefficient (Wildman–Crippen LogP) is 1.19. The zero-order chi connectivity index (χ0) is 17.4. The Morgan fingerprint density at radius 3 is 2.92 bits per heavy atom. The number of rotatable bonds is 3. The summed E-state index contributed by atoms with van der Waals surface area (Å²) in [7, 11) is 3.80. The van der Waals surface area contributed by atoms with Gasteiger partial charge in [0.05, 0.1) is 13.2 Å². The Morgan fingerprint density at radius 2 is 2.08 bits per heavy atom. The maximum atomic E-state index is 6.28. The van der Waals surface area contributed by atoms with Crippen molar-refractivity contribution in [3.63, 3.8) is 0 Å². The summed E-state index contributed by atoms with van der Waals surface area (Å²) in [5.74, 6) is 1.57. The predicted molar refractivity (Wildman–Crippen MR) is 96.2 cm³/mol. The second-order valence-electron chi connectivity index (χ2n) is 7.01. The molecule has 0 bridgehead atoms. The lowest BCUT2D eigenvalue weighted by molar-refractivity contribution is -0.116. The molecule has 2 aromatic rings. The number of nitrogens with zero attached hydrogens (tertiary/aromatic N) is 5. The van der Waals surface area contributed by atoms with Crippen molar-refractivity contribution in [1.82, 2.24) is 19.9 Å². The van der Waals surface area contributed by atoms with Crippen LogP contribution in [0.2, 0.25) is 0 Å². The van der Waals surface area contributed by atoms with Gasteiger partial charge >= 0.3 is 0 Å². The van der Waals surface area contributed by atoms with Gasteiger partial charge in [0.25, 0.3) is 0 Å². The number of hydrogen-bond donors (Lipinski definition) is 1. The minimum Gasteiger partial charge on any atom is -0.368 e. The van der Waals surface area contributed by atoms with Gasteiger partial charge in [0, 0.05) is 27.2 Å². The zero-order valence-electron chi connectivity index (χ0n) is 14.8. The molecule has 1 aliphatic heterocycles. The lowest BCUT2D eigenvalue weighted by Gasteiger charge is -2.41. The van der Waals surface area contributed by atoms with E-state index < -0.39 is 0 Å². The van der Waals surface area contributed by atoms with Gasteiger partial charge in [-0.05, 0) is 24.0 Å². The molecule has 4 rings (SSSR count). The van der Waals surface area contributed by atoms with Crippen LogP contribution in [0.4, 0.5) is 11.9 Å². The van der Waals surface area contributed by atoms with Crippen molar-refractivity contribution in [1.29, 1.82) is 0 Å². The Kier molecular flexibility index (Phi) is 4.05. The minimum atomic E-state index is -0.197. The van der Waals surface area contributed by atoms with Crippen molar-refractivity contribution in [3.8, 4) is 0 Å². The zero-order valence-corrected chi connectivity index (χ0v) is 14.8. The molecule has 0 saturated carbocycles. The topological polar surface area (TPSA) is 80.4 Å². The quantitative estimate of drug-likeness (QED) is 0.899. The molecule has 0 unspecified atom stereocenters. The molecule has 1 fully saturated rings. The number of nitrogens with two attached hydrogens (primary N) is 1. The Balaban J connectivity index is 1.55. The molecule has 1 saturated heterocycles. The van der Waals surface area contributed by atoms with Crippen LogP contribution in [0.5, 0.6) is 0 Å². The molecular formula is C18H24N6O. The molecule has 2 N–H and O–H groups in total.